The van der Waals surface area contributed by atoms with E-state index in [9.17, 15) is 14.9 Å². The fourth-order valence-electron chi connectivity index (χ4n) is 3.06. The van der Waals surface area contributed by atoms with E-state index in [0.29, 0.717) is 11.3 Å². The van der Waals surface area contributed by atoms with Crippen LogP contribution in [0.25, 0.3) is 0 Å². The Balaban J connectivity index is 1.70. The minimum absolute atomic E-state index is 0.0481. The highest BCUT2D eigenvalue weighted by molar-refractivity contribution is 6.04. The van der Waals surface area contributed by atoms with Crippen LogP contribution in [-0.2, 0) is 0 Å². The van der Waals surface area contributed by atoms with Crippen molar-refractivity contribution in [3.8, 4) is 0 Å². The van der Waals surface area contributed by atoms with E-state index in [1.807, 2.05) is 24.3 Å². The van der Waals surface area contributed by atoms with Gasteiger partial charge in [0.1, 0.15) is 0 Å². The molecule has 6 heteroatoms. The molecule has 1 N–H and O–H groups in total. The molecule has 2 aromatic carbocycles. The molecule has 25 heavy (non-hydrogen) atoms. The summed E-state index contributed by atoms with van der Waals surface area (Å²) in [5.41, 5.74) is 2.59. The Morgan fingerprint density at radius 2 is 1.76 bits per heavy atom. The summed E-state index contributed by atoms with van der Waals surface area (Å²) in [6, 6.07) is 12.2. The molecule has 1 saturated heterocycles. The number of amides is 1. The molecule has 0 saturated carbocycles. The molecule has 0 atom stereocenters. The number of nitro benzene ring substituents is 1. The minimum Gasteiger partial charge on any atom is -0.372 e. The first-order chi connectivity index (χ1) is 12.0. The zero-order chi connectivity index (χ0) is 17.8. The Bertz CT molecular complexity index is 781. The van der Waals surface area contributed by atoms with Gasteiger partial charge >= 0.3 is 0 Å². The summed E-state index contributed by atoms with van der Waals surface area (Å²) in [5, 5.41) is 13.8. The molecule has 0 bridgehead atoms. The third-order valence-corrected chi connectivity index (χ3v) is 4.51. The Morgan fingerprint density at radius 1 is 1.08 bits per heavy atom. The quantitative estimate of drug-likeness (QED) is 0.671. The van der Waals surface area contributed by atoms with Crippen molar-refractivity contribution in [2.45, 2.75) is 26.2 Å². The van der Waals surface area contributed by atoms with Crippen LogP contribution in [0.1, 0.15) is 35.2 Å². The van der Waals surface area contributed by atoms with Crippen LogP contribution in [0.3, 0.4) is 0 Å². The van der Waals surface area contributed by atoms with Crippen LogP contribution in [0.4, 0.5) is 17.1 Å². The summed E-state index contributed by atoms with van der Waals surface area (Å²) in [7, 11) is 0. The largest absolute Gasteiger partial charge is 0.372 e. The van der Waals surface area contributed by atoms with Crippen molar-refractivity contribution in [2.24, 2.45) is 0 Å². The lowest BCUT2D eigenvalue weighted by Crippen LogP contribution is -2.29. The predicted molar refractivity (Wildman–Crippen MR) is 98.3 cm³/mol. The molecule has 0 aliphatic carbocycles. The molecule has 0 aromatic heterocycles. The monoisotopic (exact) mass is 339 g/mol. The topological polar surface area (TPSA) is 75.5 Å². The first kappa shape index (κ1) is 17.0. The van der Waals surface area contributed by atoms with Crippen molar-refractivity contribution in [3.63, 3.8) is 0 Å². The number of rotatable bonds is 4. The molecule has 0 radical (unpaired) electrons. The van der Waals surface area contributed by atoms with Gasteiger partial charge in [0.25, 0.3) is 11.6 Å². The van der Waals surface area contributed by atoms with Gasteiger partial charge in [0.2, 0.25) is 0 Å². The van der Waals surface area contributed by atoms with E-state index in [1.165, 1.54) is 25.3 Å². The zero-order valence-electron chi connectivity index (χ0n) is 14.2. The second kappa shape index (κ2) is 7.34. The van der Waals surface area contributed by atoms with Crippen molar-refractivity contribution >= 4 is 23.0 Å². The number of carbonyl (C=O) groups excluding carboxylic acids is 1. The Labute approximate surface area is 146 Å². The van der Waals surface area contributed by atoms with E-state index in [4.69, 9.17) is 0 Å². The Hall–Kier alpha value is -2.89. The highest BCUT2D eigenvalue weighted by atomic mass is 16.6. The van der Waals surface area contributed by atoms with E-state index < -0.39 is 4.92 Å². The number of carbonyl (C=O) groups is 1. The van der Waals surface area contributed by atoms with Crippen LogP contribution in [0.5, 0.6) is 0 Å². The number of nitrogens with one attached hydrogen (secondary N) is 1. The fourth-order valence-corrected chi connectivity index (χ4v) is 3.06. The lowest BCUT2D eigenvalue weighted by molar-refractivity contribution is -0.385. The number of hydrogen-bond donors (Lipinski definition) is 1. The maximum atomic E-state index is 12.3. The van der Waals surface area contributed by atoms with Gasteiger partial charge in [0.05, 0.1) is 4.92 Å². The van der Waals surface area contributed by atoms with Gasteiger partial charge in [-0.3, -0.25) is 14.9 Å². The maximum absolute atomic E-state index is 12.3. The number of piperidine rings is 1. The summed E-state index contributed by atoms with van der Waals surface area (Å²) in [6.45, 7) is 3.79. The van der Waals surface area contributed by atoms with Crippen molar-refractivity contribution in [3.05, 3.63) is 63.7 Å². The molecule has 1 heterocycles. The molecule has 130 valence electrons. The van der Waals surface area contributed by atoms with Gasteiger partial charge in [-0.15, -0.1) is 0 Å². The lowest BCUT2D eigenvalue weighted by atomic mass is 10.1. The average Bonchev–Trinajstić information content (AvgIpc) is 2.63. The van der Waals surface area contributed by atoms with Crippen molar-refractivity contribution in [1.29, 1.82) is 0 Å². The summed E-state index contributed by atoms with van der Waals surface area (Å²) < 4.78 is 0. The summed E-state index contributed by atoms with van der Waals surface area (Å²) in [4.78, 5) is 25.2. The number of anilines is 2. The molecule has 1 fully saturated rings. The number of aryl methyl sites for hydroxylation is 1. The van der Waals surface area contributed by atoms with Crippen LogP contribution in [-0.4, -0.2) is 23.9 Å². The molecular weight excluding hydrogens is 318 g/mol. The van der Waals surface area contributed by atoms with Crippen LogP contribution in [0, 0.1) is 17.0 Å². The van der Waals surface area contributed by atoms with Crippen molar-refractivity contribution in [2.75, 3.05) is 23.3 Å². The number of nitro groups is 1. The molecule has 3 rings (SSSR count). The molecule has 1 aliphatic rings. The smallest absolute Gasteiger partial charge is 0.273 e. The van der Waals surface area contributed by atoms with Gasteiger partial charge in [-0.25, -0.2) is 0 Å². The third-order valence-electron chi connectivity index (χ3n) is 4.51. The Kier molecular flexibility index (Phi) is 4.97. The third kappa shape index (κ3) is 3.96. The second-order valence-corrected chi connectivity index (χ2v) is 6.31. The van der Waals surface area contributed by atoms with Gasteiger partial charge in [0.15, 0.2) is 0 Å². The van der Waals surface area contributed by atoms with Gasteiger partial charge in [0, 0.05) is 41.7 Å². The number of hydrogen-bond acceptors (Lipinski definition) is 4. The normalized spacial score (nSPS) is 14.2. The molecular formula is C19H21N3O3. The summed E-state index contributed by atoms with van der Waals surface area (Å²) in [5.74, 6) is -0.353. The van der Waals surface area contributed by atoms with Crippen LogP contribution in [0.15, 0.2) is 42.5 Å². The van der Waals surface area contributed by atoms with Crippen molar-refractivity contribution in [1.82, 2.24) is 0 Å². The maximum Gasteiger partial charge on any atom is 0.273 e. The summed E-state index contributed by atoms with van der Waals surface area (Å²) >= 11 is 0. The van der Waals surface area contributed by atoms with Crippen LogP contribution >= 0.6 is 0 Å². The van der Waals surface area contributed by atoms with Gasteiger partial charge in [-0.2, -0.15) is 0 Å². The standard InChI is InChI=1S/C19H21N3O3/c1-14-5-6-15(13-18(14)22(24)25)19(23)20-16-7-9-17(10-8-16)21-11-3-2-4-12-21/h5-10,13H,2-4,11-12H2,1H3,(H,20,23). The Morgan fingerprint density at radius 3 is 2.40 bits per heavy atom. The van der Waals surface area contributed by atoms with E-state index in [-0.39, 0.29) is 17.2 Å². The highest BCUT2D eigenvalue weighted by Crippen LogP contribution is 2.23. The van der Waals surface area contributed by atoms with E-state index in [2.05, 4.69) is 10.2 Å². The second-order valence-electron chi connectivity index (χ2n) is 6.31. The van der Waals surface area contributed by atoms with Crippen molar-refractivity contribution < 1.29 is 9.72 Å². The first-order valence-corrected chi connectivity index (χ1v) is 8.46. The minimum atomic E-state index is -0.473. The number of benzene rings is 2. The highest BCUT2D eigenvalue weighted by Gasteiger charge is 2.15. The fraction of sp³-hybridized carbons (Fsp3) is 0.316. The molecule has 2 aromatic rings. The van der Waals surface area contributed by atoms with E-state index in [1.54, 1.807) is 19.1 Å². The van der Waals surface area contributed by atoms with Crippen LogP contribution < -0.4 is 10.2 Å². The SMILES string of the molecule is Cc1ccc(C(=O)Nc2ccc(N3CCCCC3)cc2)cc1[N+](=O)[O-]. The molecule has 6 nitrogen and oxygen atoms in total. The average molecular weight is 339 g/mol. The van der Waals surface area contributed by atoms with Gasteiger partial charge in [-0.1, -0.05) is 6.07 Å². The number of nitrogens with zero attached hydrogens (tertiary/aromatic N) is 2. The van der Waals surface area contributed by atoms with Crippen LogP contribution in [0.2, 0.25) is 0 Å². The lowest BCUT2D eigenvalue weighted by Gasteiger charge is -2.28. The molecule has 0 spiro atoms. The molecule has 1 amide bonds. The first-order valence-electron chi connectivity index (χ1n) is 8.46. The van der Waals surface area contributed by atoms with E-state index in [0.717, 1.165) is 18.8 Å². The summed E-state index contributed by atoms with van der Waals surface area (Å²) in [6.07, 6.45) is 3.71. The zero-order valence-corrected chi connectivity index (χ0v) is 14.2. The predicted octanol–water partition coefficient (Wildman–Crippen LogP) is 4.15. The molecule has 0 unspecified atom stereocenters. The van der Waals surface area contributed by atoms with E-state index >= 15 is 0 Å². The molecule has 1 aliphatic heterocycles. The van der Waals surface area contributed by atoms with Gasteiger partial charge < -0.3 is 10.2 Å². The van der Waals surface area contributed by atoms with Gasteiger partial charge in [-0.05, 0) is 56.5 Å².